The molecule has 0 saturated carbocycles. The van der Waals surface area contributed by atoms with Crippen LogP contribution in [0, 0.1) is 0 Å². The normalized spacial score (nSPS) is 11.6. The molecule has 0 radical (unpaired) electrons. The maximum atomic E-state index is 12.6. The molecule has 1 heterocycles. The Bertz CT molecular complexity index is 1140. The minimum atomic E-state index is -0.0643. The van der Waals surface area contributed by atoms with Crippen LogP contribution in [0.25, 0.3) is 17.0 Å². The lowest BCUT2D eigenvalue weighted by Crippen LogP contribution is -1.94. The molecule has 0 aliphatic rings. The summed E-state index contributed by atoms with van der Waals surface area (Å²) in [5.41, 5.74) is 4.29. The number of benzene rings is 3. The van der Waals surface area contributed by atoms with E-state index in [1.54, 1.807) is 18.4 Å². The third-order valence-electron chi connectivity index (χ3n) is 4.36. The Hall–Kier alpha value is -3.72. The molecule has 1 N–H and O–H groups in total. The predicted octanol–water partition coefficient (Wildman–Crippen LogP) is 5.81. The molecule has 4 rings (SSSR count). The number of aliphatic imine (C=N–C) groups is 1. The first-order valence-electron chi connectivity index (χ1n) is 8.78. The van der Waals surface area contributed by atoms with Gasteiger partial charge in [0, 0.05) is 34.4 Å². The fraction of sp³-hybridized carbons (Fsp3) is 0. The van der Waals surface area contributed by atoms with Crippen LogP contribution in [0.3, 0.4) is 0 Å². The molecule has 27 heavy (non-hydrogen) atoms. The Morgan fingerprint density at radius 1 is 0.852 bits per heavy atom. The number of nitrogens with one attached hydrogen (secondary N) is 1. The standard InChI is InChI=1S/C24H18N2O/c27-24(15-14-18-8-2-1-3-9-18)21-11-5-7-13-23(21)26-17-19-16-25-22-12-6-4-10-20(19)22/h1-17,25H/b15-14+,26-17?. The Morgan fingerprint density at radius 2 is 1.59 bits per heavy atom. The van der Waals surface area contributed by atoms with Crippen LogP contribution >= 0.6 is 0 Å². The average Bonchev–Trinajstić information content (AvgIpc) is 3.15. The van der Waals surface area contributed by atoms with Crippen molar-refractivity contribution in [3.8, 4) is 0 Å². The summed E-state index contributed by atoms with van der Waals surface area (Å²) in [7, 11) is 0. The van der Waals surface area contributed by atoms with Gasteiger partial charge in [-0.15, -0.1) is 0 Å². The zero-order valence-electron chi connectivity index (χ0n) is 14.7. The number of allylic oxidation sites excluding steroid dienone is 1. The van der Waals surface area contributed by atoms with Crippen LogP contribution in [0.15, 0.2) is 96.1 Å². The van der Waals surface area contributed by atoms with Crippen LogP contribution in [-0.2, 0) is 0 Å². The number of hydrogen-bond acceptors (Lipinski definition) is 2. The van der Waals surface area contributed by atoms with Crippen LogP contribution in [0.5, 0.6) is 0 Å². The van der Waals surface area contributed by atoms with Crippen molar-refractivity contribution in [1.29, 1.82) is 0 Å². The Balaban J connectivity index is 1.61. The molecule has 0 atom stereocenters. The van der Waals surface area contributed by atoms with E-state index in [0.29, 0.717) is 11.3 Å². The molecule has 0 amide bonds. The highest BCUT2D eigenvalue weighted by atomic mass is 16.1. The number of carbonyl (C=O) groups excluding carboxylic acids is 1. The molecular weight excluding hydrogens is 332 g/mol. The highest BCUT2D eigenvalue weighted by molar-refractivity contribution is 6.10. The first-order valence-corrected chi connectivity index (χ1v) is 8.78. The highest BCUT2D eigenvalue weighted by Gasteiger charge is 2.07. The zero-order valence-corrected chi connectivity index (χ0v) is 14.7. The number of aromatic amines is 1. The van der Waals surface area contributed by atoms with Crippen molar-refractivity contribution in [2.24, 2.45) is 4.99 Å². The summed E-state index contributed by atoms with van der Waals surface area (Å²) in [6, 6.07) is 25.2. The molecule has 0 aliphatic carbocycles. The van der Waals surface area contributed by atoms with Gasteiger partial charge in [0.05, 0.1) is 5.69 Å². The quantitative estimate of drug-likeness (QED) is 0.275. The Morgan fingerprint density at radius 3 is 2.48 bits per heavy atom. The van der Waals surface area contributed by atoms with E-state index in [-0.39, 0.29) is 5.78 Å². The SMILES string of the molecule is O=C(/C=C/c1ccccc1)c1ccccc1N=Cc1c[nH]c2ccccc12. The van der Waals surface area contributed by atoms with E-state index in [9.17, 15) is 4.79 Å². The largest absolute Gasteiger partial charge is 0.361 e. The van der Waals surface area contributed by atoms with Crippen molar-refractivity contribution in [1.82, 2.24) is 4.98 Å². The maximum absolute atomic E-state index is 12.6. The summed E-state index contributed by atoms with van der Waals surface area (Å²) in [5, 5.41) is 1.11. The van der Waals surface area contributed by atoms with Gasteiger partial charge in [-0.3, -0.25) is 9.79 Å². The van der Waals surface area contributed by atoms with Gasteiger partial charge in [-0.2, -0.15) is 0 Å². The average molecular weight is 350 g/mol. The minimum Gasteiger partial charge on any atom is -0.361 e. The molecule has 3 heteroatoms. The van der Waals surface area contributed by atoms with Gasteiger partial charge >= 0.3 is 0 Å². The first-order chi connectivity index (χ1) is 13.3. The summed E-state index contributed by atoms with van der Waals surface area (Å²) in [4.78, 5) is 20.5. The lowest BCUT2D eigenvalue weighted by Gasteiger charge is -2.01. The van der Waals surface area contributed by atoms with Crippen molar-refractivity contribution in [2.45, 2.75) is 0 Å². The van der Waals surface area contributed by atoms with Crippen LogP contribution in [0.1, 0.15) is 21.5 Å². The molecule has 0 saturated heterocycles. The Kier molecular flexibility index (Phi) is 4.75. The number of H-pyrrole nitrogens is 1. The fourth-order valence-electron chi connectivity index (χ4n) is 2.96. The van der Waals surface area contributed by atoms with Crippen LogP contribution < -0.4 is 0 Å². The van der Waals surface area contributed by atoms with E-state index < -0.39 is 0 Å². The predicted molar refractivity (Wildman–Crippen MR) is 112 cm³/mol. The number of nitrogens with zero attached hydrogens (tertiary/aromatic N) is 1. The van der Waals surface area contributed by atoms with Crippen molar-refractivity contribution >= 4 is 34.7 Å². The third kappa shape index (κ3) is 3.77. The number of para-hydroxylation sites is 2. The molecule has 130 valence electrons. The second-order valence-electron chi connectivity index (χ2n) is 6.17. The van der Waals surface area contributed by atoms with Crippen molar-refractivity contribution < 1.29 is 4.79 Å². The minimum absolute atomic E-state index is 0.0643. The van der Waals surface area contributed by atoms with Gasteiger partial charge < -0.3 is 4.98 Å². The second-order valence-corrected chi connectivity index (χ2v) is 6.17. The first kappa shape index (κ1) is 16.7. The number of carbonyl (C=O) groups is 1. The molecule has 0 bridgehead atoms. The van der Waals surface area contributed by atoms with E-state index in [2.05, 4.69) is 9.98 Å². The molecule has 3 nitrogen and oxygen atoms in total. The molecule has 1 aromatic heterocycles. The van der Waals surface area contributed by atoms with Crippen molar-refractivity contribution in [3.05, 3.63) is 108 Å². The van der Waals surface area contributed by atoms with Crippen LogP contribution in [-0.4, -0.2) is 17.0 Å². The van der Waals surface area contributed by atoms with E-state index in [1.165, 1.54) is 0 Å². The molecule has 0 unspecified atom stereocenters. The fourth-order valence-corrected chi connectivity index (χ4v) is 2.96. The summed E-state index contributed by atoms with van der Waals surface area (Å²) in [6.45, 7) is 0. The van der Waals surface area contributed by atoms with E-state index in [1.807, 2.05) is 85.1 Å². The topological polar surface area (TPSA) is 45.2 Å². The van der Waals surface area contributed by atoms with Gasteiger partial charge in [-0.1, -0.05) is 66.7 Å². The summed E-state index contributed by atoms with van der Waals surface area (Å²) in [5.74, 6) is -0.0643. The second kappa shape index (κ2) is 7.67. The maximum Gasteiger partial charge on any atom is 0.188 e. The van der Waals surface area contributed by atoms with Gasteiger partial charge in [0.25, 0.3) is 0 Å². The number of hydrogen-bond donors (Lipinski definition) is 1. The number of rotatable bonds is 5. The van der Waals surface area contributed by atoms with Gasteiger partial charge in [0.1, 0.15) is 0 Å². The molecule has 0 spiro atoms. The number of aromatic nitrogens is 1. The smallest absolute Gasteiger partial charge is 0.188 e. The van der Waals surface area contributed by atoms with Gasteiger partial charge in [0.15, 0.2) is 5.78 Å². The van der Waals surface area contributed by atoms with E-state index in [4.69, 9.17) is 0 Å². The summed E-state index contributed by atoms with van der Waals surface area (Å²) in [6.07, 6.45) is 7.14. The van der Waals surface area contributed by atoms with E-state index in [0.717, 1.165) is 22.0 Å². The molecule has 3 aromatic carbocycles. The monoisotopic (exact) mass is 350 g/mol. The highest BCUT2D eigenvalue weighted by Crippen LogP contribution is 2.22. The molecule has 0 fully saturated rings. The number of fused-ring (bicyclic) bond motifs is 1. The van der Waals surface area contributed by atoms with E-state index >= 15 is 0 Å². The molecule has 0 aliphatic heterocycles. The van der Waals surface area contributed by atoms with Crippen LogP contribution in [0.4, 0.5) is 5.69 Å². The number of ketones is 1. The zero-order chi connectivity index (χ0) is 18.5. The van der Waals surface area contributed by atoms with Gasteiger partial charge in [-0.05, 0) is 29.8 Å². The lowest BCUT2D eigenvalue weighted by molar-refractivity contribution is 0.104. The summed E-state index contributed by atoms with van der Waals surface area (Å²) >= 11 is 0. The molecular formula is C24H18N2O. The van der Waals surface area contributed by atoms with Crippen molar-refractivity contribution in [3.63, 3.8) is 0 Å². The molecule has 4 aromatic rings. The Labute approximate surface area is 157 Å². The van der Waals surface area contributed by atoms with Crippen molar-refractivity contribution in [2.75, 3.05) is 0 Å². The third-order valence-corrected chi connectivity index (χ3v) is 4.36. The van der Waals surface area contributed by atoms with Gasteiger partial charge in [-0.25, -0.2) is 0 Å². The van der Waals surface area contributed by atoms with Gasteiger partial charge in [0.2, 0.25) is 0 Å². The summed E-state index contributed by atoms with van der Waals surface area (Å²) < 4.78 is 0. The van der Waals surface area contributed by atoms with Crippen LogP contribution in [0.2, 0.25) is 0 Å². The lowest BCUT2D eigenvalue weighted by atomic mass is 10.1.